The number of morpholine rings is 1. The number of aryl methyl sites for hydroxylation is 1. The van der Waals surface area contributed by atoms with Gasteiger partial charge in [0.25, 0.3) is 0 Å². The van der Waals surface area contributed by atoms with E-state index in [2.05, 4.69) is 37.0 Å². The summed E-state index contributed by atoms with van der Waals surface area (Å²) in [7, 11) is 2.23. The lowest BCUT2D eigenvalue weighted by Gasteiger charge is -2.45. The van der Waals surface area contributed by atoms with Gasteiger partial charge in [0.05, 0.1) is 13.2 Å². The van der Waals surface area contributed by atoms with Crippen LogP contribution in [0, 0.1) is 6.92 Å². The highest BCUT2D eigenvalue weighted by Crippen LogP contribution is 2.21. The zero-order valence-corrected chi connectivity index (χ0v) is 14.4. The second-order valence-corrected chi connectivity index (χ2v) is 6.70. The van der Waals surface area contributed by atoms with Crippen LogP contribution in [-0.4, -0.2) is 95.2 Å². The third kappa shape index (κ3) is 3.09. The minimum atomic E-state index is 0.602. The highest BCUT2D eigenvalue weighted by Gasteiger charge is 2.31. The Morgan fingerprint density at radius 1 is 1.21 bits per heavy atom. The highest BCUT2D eigenvalue weighted by molar-refractivity contribution is 5.47. The fraction of sp³-hybridized carbons (Fsp3) is 0.688. The third-order valence-corrected chi connectivity index (χ3v) is 5.09. The van der Waals surface area contributed by atoms with Gasteiger partial charge in [0, 0.05) is 45.3 Å². The van der Waals surface area contributed by atoms with Gasteiger partial charge in [0.15, 0.2) is 11.5 Å². The molecule has 2 aliphatic rings. The van der Waals surface area contributed by atoms with Crippen molar-refractivity contribution in [1.82, 2.24) is 29.6 Å². The standard InChI is InChI=1S/C16H25N7O/c1-13-17-18-15-3-4-16(19-23(13)15)22-11-14(12-22)20(2)5-6-21-7-9-24-10-8-21/h3-4,14H,5-12H2,1-2H3. The molecule has 0 unspecified atom stereocenters. The molecule has 0 atom stereocenters. The number of rotatable bonds is 5. The molecular formula is C16H25N7O. The normalized spacial score (nSPS) is 20.0. The average molecular weight is 331 g/mol. The van der Waals surface area contributed by atoms with E-state index in [0.717, 1.165) is 69.8 Å². The topological polar surface area (TPSA) is 62.0 Å². The lowest BCUT2D eigenvalue weighted by Crippen LogP contribution is -2.59. The second-order valence-electron chi connectivity index (χ2n) is 6.70. The van der Waals surface area contributed by atoms with Gasteiger partial charge in [-0.2, -0.15) is 4.52 Å². The van der Waals surface area contributed by atoms with Gasteiger partial charge in [-0.1, -0.05) is 0 Å². The van der Waals surface area contributed by atoms with Crippen molar-refractivity contribution >= 4 is 11.5 Å². The number of fused-ring (bicyclic) bond motifs is 1. The number of hydrogen-bond acceptors (Lipinski definition) is 7. The molecule has 4 heterocycles. The largest absolute Gasteiger partial charge is 0.379 e. The summed E-state index contributed by atoms with van der Waals surface area (Å²) in [5, 5.41) is 12.8. The maximum Gasteiger partial charge on any atom is 0.178 e. The van der Waals surface area contributed by atoms with Crippen LogP contribution in [0.5, 0.6) is 0 Å². The van der Waals surface area contributed by atoms with E-state index in [-0.39, 0.29) is 0 Å². The van der Waals surface area contributed by atoms with E-state index in [1.54, 1.807) is 0 Å². The van der Waals surface area contributed by atoms with Crippen LogP contribution in [-0.2, 0) is 4.74 Å². The molecule has 0 N–H and O–H groups in total. The molecule has 0 aliphatic carbocycles. The smallest absolute Gasteiger partial charge is 0.178 e. The second kappa shape index (κ2) is 6.62. The molecule has 130 valence electrons. The minimum Gasteiger partial charge on any atom is -0.379 e. The zero-order chi connectivity index (χ0) is 16.5. The van der Waals surface area contributed by atoms with Crippen LogP contribution in [0.2, 0.25) is 0 Å². The monoisotopic (exact) mass is 331 g/mol. The van der Waals surface area contributed by atoms with Crippen molar-refractivity contribution in [3.8, 4) is 0 Å². The van der Waals surface area contributed by atoms with Gasteiger partial charge in [0.1, 0.15) is 5.82 Å². The van der Waals surface area contributed by atoms with Crippen LogP contribution >= 0.6 is 0 Å². The van der Waals surface area contributed by atoms with Crippen molar-refractivity contribution < 1.29 is 4.74 Å². The molecule has 4 rings (SSSR count). The SMILES string of the molecule is Cc1nnc2ccc(N3CC(N(C)CCN4CCOCC4)C3)nn12. The van der Waals surface area contributed by atoms with E-state index in [1.165, 1.54) is 0 Å². The van der Waals surface area contributed by atoms with Crippen molar-refractivity contribution in [2.24, 2.45) is 0 Å². The number of anilines is 1. The van der Waals surface area contributed by atoms with Crippen LogP contribution in [0.15, 0.2) is 12.1 Å². The molecule has 24 heavy (non-hydrogen) atoms. The summed E-state index contributed by atoms with van der Waals surface area (Å²) in [5.41, 5.74) is 0.802. The zero-order valence-electron chi connectivity index (χ0n) is 14.4. The summed E-state index contributed by atoms with van der Waals surface area (Å²) in [4.78, 5) is 7.27. The number of aromatic nitrogens is 4. The van der Waals surface area contributed by atoms with Gasteiger partial charge in [0.2, 0.25) is 0 Å². The first-order valence-electron chi connectivity index (χ1n) is 8.65. The van der Waals surface area contributed by atoms with Crippen molar-refractivity contribution in [3.05, 3.63) is 18.0 Å². The molecular weight excluding hydrogens is 306 g/mol. The number of ether oxygens (including phenoxy) is 1. The molecule has 2 aliphatic heterocycles. The summed E-state index contributed by atoms with van der Waals surface area (Å²) in [6, 6.07) is 4.62. The van der Waals surface area contributed by atoms with Gasteiger partial charge in [-0.15, -0.1) is 15.3 Å². The maximum absolute atomic E-state index is 5.40. The Kier molecular flexibility index (Phi) is 4.34. The van der Waals surface area contributed by atoms with E-state index in [4.69, 9.17) is 4.74 Å². The van der Waals surface area contributed by atoms with Gasteiger partial charge in [-0.05, 0) is 26.1 Å². The Balaban J connectivity index is 1.29. The van der Waals surface area contributed by atoms with Crippen molar-refractivity contribution in [2.45, 2.75) is 13.0 Å². The molecule has 2 aromatic rings. The Bertz CT molecular complexity index is 691. The highest BCUT2D eigenvalue weighted by atomic mass is 16.5. The molecule has 8 heteroatoms. The Hall–Kier alpha value is -1.77. The lowest BCUT2D eigenvalue weighted by atomic mass is 10.1. The van der Waals surface area contributed by atoms with Gasteiger partial charge in [-0.3, -0.25) is 9.80 Å². The Labute approximate surface area is 142 Å². The molecule has 2 fully saturated rings. The van der Waals surface area contributed by atoms with Gasteiger partial charge < -0.3 is 9.64 Å². The van der Waals surface area contributed by atoms with Gasteiger partial charge >= 0.3 is 0 Å². The summed E-state index contributed by atoms with van der Waals surface area (Å²) < 4.78 is 7.21. The van der Waals surface area contributed by atoms with E-state index in [9.17, 15) is 0 Å². The van der Waals surface area contributed by atoms with Crippen molar-refractivity contribution in [2.75, 3.05) is 64.4 Å². The average Bonchev–Trinajstić information content (AvgIpc) is 2.94. The molecule has 2 saturated heterocycles. The molecule has 0 aromatic carbocycles. The van der Waals surface area contributed by atoms with Crippen molar-refractivity contribution in [1.29, 1.82) is 0 Å². The first-order valence-corrected chi connectivity index (χ1v) is 8.65. The van der Waals surface area contributed by atoms with Crippen LogP contribution < -0.4 is 4.90 Å². The molecule has 0 saturated carbocycles. The molecule has 2 aromatic heterocycles. The molecule has 0 bridgehead atoms. The van der Waals surface area contributed by atoms with Crippen LogP contribution in [0.1, 0.15) is 5.82 Å². The summed E-state index contributed by atoms with van der Waals surface area (Å²) in [5.74, 6) is 1.83. The van der Waals surface area contributed by atoms with E-state index in [1.807, 2.05) is 23.6 Å². The predicted molar refractivity (Wildman–Crippen MR) is 91.4 cm³/mol. The van der Waals surface area contributed by atoms with Gasteiger partial charge in [-0.25, -0.2) is 0 Å². The maximum atomic E-state index is 5.40. The first kappa shape index (κ1) is 15.7. The number of hydrogen-bond donors (Lipinski definition) is 0. The quantitative estimate of drug-likeness (QED) is 0.757. The molecule has 0 spiro atoms. The molecule has 8 nitrogen and oxygen atoms in total. The van der Waals surface area contributed by atoms with E-state index in [0.29, 0.717) is 6.04 Å². The Morgan fingerprint density at radius 3 is 2.79 bits per heavy atom. The fourth-order valence-corrected chi connectivity index (χ4v) is 3.28. The minimum absolute atomic E-state index is 0.602. The van der Waals surface area contributed by atoms with E-state index >= 15 is 0 Å². The Morgan fingerprint density at radius 2 is 2.00 bits per heavy atom. The lowest BCUT2D eigenvalue weighted by molar-refractivity contribution is 0.0318. The number of nitrogens with zero attached hydrogens (tertiary/aromatic N) is 7. The predicted octanol–water partition coefficient (Wildman–Crippen LogP) is -0.115. The molecule has 0 radical (unpaired) electrons. The third-order valence-electron chi connectivity index (χ3n) is 5.09. The van der Waals surface area contributed by atoms with Crippen LogP contribution in [0.4, 0.5) is 5.82 Å². The summed E-state index contributed by atoms with van der Waals surface area (Å²) in [6.07, 6.45) is 0. The number of likely N-dealkylation sites (N-methyl/N-ethyl adjacent to an activating group) is 1. The summed E-state index contributed by atoms with van der Waals surface area (Å²) >= 11 is 0. The van der Waals surface area contributed by atoms with Crippen LogP contribution in [0.25, 0.3) is 5.65 Å². The first-order chi connectivity index (χ1) is 11.7. The fourth-order valence-electron chi connectivity index (χ4n) is 3.28. The summed E-state index contributed by atoms with van der Waals surface area (Å²) in [6.45, 7) is 10.1. The van der Waals surface area contributed by atoms with E-state index < -0.39 is 0 Å². The van der Waals surface area contributed by atoms with Crippen molar-refractivity contribution in [3.63, 3.8) is 0 Å². The molecule has 0 amide bonds. The van der Waals surface area contributed by atoms with Crippen LogP contribution in [0.3, 0.4) is 0 Å².